The number of rotatable bonds is 8. The second-order valence-corrected chi connectivity index (χ2v) is 5.79. The summed E-state index contributed by atoms with van der Waals surface area (Å²) >= 11 is 0. The summed E-state index contributed by atoms with van der Waals surface area (Å²) in [4.78, 5) is 12.1. The molecule has 1 aromatic rings. The number of nitrogens with one attached hydrogen (secondary N) is 1. The van der Waals surface area contributed by atoms with Crippen LogP contribution in [0.15, 0.2) is 18.2 Å². The highest BCUT2D eigenvalue weighted by Gasteiger charge is 2.12. The van der Waals surface area contributed by atoms with Crippen molar-refractivity contribution in [3.05, 3.63) is 23.8 Å². The molecule has 1 amide bonds. The molecule has 0 saturated heterocycles. The number of hydrogen-bond donors (Lipinski definition) is 1. The number of hydrogen-bond acceptors (Lipinski definition) is 3. The predicted molar refractivity (Wildman–Crippen MR) is 84.9 cm³/mol. The Kier molecular flexibility index (Phi) is 7.06. The number of ether oxygens (including phenoxy) is 2. The van der Waals surface area contributed by atoms with Gasteiger partial charge in [0.1, 0.15) is 11.5 Å². The molecular formula is C17H27NO3. The molecule has 1 rings (SSSR count). The van der Waals surface area contributed by atoms with Gasteiger partial charge in [0.25, 0.3) is 0 Å². The van der Waals surface area contributed by atoms with Crippen LogP contribution < -0.4 is 14.8 Å². The van der Waals surface area contributed by atoms with Gasteiger partial charge in [-0.2, -0.15) is 0 Å². The van der Waals surface area contributed by atoms with Crippen molar-refractivity contribution in [3.8, 4) is 11.5 Å². The van der Waals surface area contributed by atoms with Crippen LogP contribution in [0.4, 0.5) is 0 Å². The molecule has 0 bridgehead atoms. The highest BCUT2D eigenvalue weighted by Crippen LogP contribution is 2.24. The smallest absolute Gasteiger partial charge is 0.224 e. The first-order valence-electron chi connectivity index (χ1n) is 7.46. The molecule has 4 heteroatoms. The van der Waals surface area contributed by atoms with Gasteiger partial charge in [0, 0.05) is 11.6 Å². The Morgan fingerprint density at radius 2 is 1.86 bits per heavy atom. The molecule has 0 spiro atoms. The average molecular weight is 293 g/mol. The molecule has 0 aliphatic carbocycles. The monoisotopic (exact) mass is 293 g/mol. The first kappa shape index (κ1) is 17.3. The van der Waals surface area contributed by atoms with E-state index >= 15 is 0 Å². The van der Waals surface area contributed by atoms with Crippen molar-refractivity contribution in [2.75, 3.05) is 14.2 Å². The summed E-state index contributed by atoms with van der Waals surface area (Å²) in [5.41, 5.74) is 0.838. The van der Waals surface area contributed by atoms with Crippen LogP contribution in [0.5, 0.6) is 11.5 Å². The lowest BCUT2D eigenvalue weighted by atomic mass is 10.0. The topological polar surface area (TPSA) is 47.6 Å². The minimum absolute atomic E-state index is 0.0119. The molecule has 118 valence electrons. The lowest BCUT2D eigenvalue weighted by Crippen LogP contribution is -2.33. The van der Waals surface area contributed by atoms with E-state index in [1.165, 1.54) is 0 Å². The predicted octanol–water partition coefficient (Wildman–Crippen LogP) is 3.19. The van der Waals surface area contributed by atoms with Gasteiger partial charge in [-0.25, -0.2) is 0 Å². The van der Waals surface area contributed by atoms with E-state index in [0.29, 0.717) is 18.1 Å². The average Bonchev–Trinajstić information content (AvgIpc) is 2.44. The minimum Gasteiger partial charge on any atom is -0.497 e. The fourth-order valence-electron chi connectivity index (χ4n) is 2.17. The van der Waals surface area contributed by atoms with E-state index in [-0.39, 0.29) is 11.9 Å². The third-order valence-electron chi connectivity index (χ3n) is 3.42. The standard InChI is InChI=1S/C17H27NO3/c1-12(2)6-7-13(3)18-17(19)11-14-10-15(20-4)8-9-16(14)21-5/h8-10,12-13H,6-7,11H2,1-5H3,(H,18,19). The highest BCUT2D eigenvalue weighted by molar-refractivity contribution is 5.79. The van der Waals surface area contributed by atoms with Crippen molar-refractivity contribution in [2.45, 2.75) is 46.1 Å². The molecule has 4 nitrogen and oxygen atoms in total. The van der Waals surface area contributed by atoms with E-state index in [1.807, 2.05) is 25.1 Å². The Labute approximate surface area is 127 Å². The fourth-order valence-corrected chi connectivity index (χ4v) is 2.17. The molecule has 0 aliphatic heterocycles. The summed E-state index contributed by atoms with van der Waals surface area (Å²) in [6.45, 7) is 6.42. The van der Waals surface area contributed by atoms with Gasteiger partial charge < -0.3 is 14.8 Å². The summed E-state index contributed by atoms with van der Waals surface area (Å²) < 4.78 is 10.5. The first-order valence-corrected chi connectivity index (χ1v) is 7.46. The zero-order valence-corrected chi connectivity index (χ0v) is 13.7. The molecule has 0 fully saturated rings. The van der Waals surface area contributed by atoms with Crippen molar-refractivity contribution in [1.29, 1.82) is 0 Å². The summed E-state index contributed by atoms with van der Waals surface area (Å²) in [6, 6.07) is 5.68. The molecule has 1 N–H and O–H groups in total. The maximum Gasteiger partial charge on any atom is 0.224 e. The van der Waals surface area contributed by atoms with Crippen LogP contribution >= 0.6 is 0 Å². The zero-order valence-electron chi connectivity index (χ0n) is 13.7. The molecule has 1 atom stereocenters. The van der Waals surface area contributed by atoms with Crippen LogP contribution in [-0.4, -0.2) is 26.2 Å². The van der Waals surface area contributed by atoms with Gasteiger partial charge in [-0.3, -0.25) is 4.79 Å². The Hall–Kier alpha value is -1.71. The molecule has 0 aromatic heterocycles. The van der Waals surface area contributed by atoms with Gasteiger partial charge in [0.15, 0.2) is 0 Å². The molecule has 1 aromatic carbocycles. The minimum atomic E-state index is 0.0119. The fraction of sp³-hybridized carbons (Fsp3) is 0.588. The van der Waals surface area contributed by atoms with Crippen molar-refractivity contribution in [1.82, 2.24) is 5.32 Å². The third-order valence-corrected chi connectivity index (χ3v) is 3.42. The second-order valence-electron chi connectivity index (χ2n) is 5.79. The Morgan fingerprint density at radius 1 is 1.14 bits per heavy atom. The quantitative estimate of drug-likeness (QED) is 0.800. The van der Waals surface area contributed by atoms with E-state index in [0.717, 1.165) is 24.2 Å². The van der Waals surface area contributed by atoms with Crippen LogP contribution in [0, 0.1) is 5.92 Å². The van der Waals surface area contributed by atoms with Crippen molar-refractivity contribution in [3.63, 3.8) is 0 Å². The van der Waals surface area contributed by atoms with E-state index in [4.69, 9.17) is 9.47 Å². The maximum atomic E-state index is 12.1. The van der Waals surface area contributed by atoms with Gasteiger partial charge in [-0.05, 0) is 43.9 Å². The summed E-state index contributed by atoms with van der Waals surface area (Å²) in [6.07, 6.45) is 2.41. The van der Waals surface area contributed by atoms with Gasteiger partial charge in [-0.15, -0.1) is 0 Å². The van der Waals surface area contributed by atoms with E-state index < -0.39 is 0 Å². The van der Waals surface area contributed by atoms with Crippen LogP contribution in [0.25, 0.3) is 0 Å². The number of benzene rings is 1. The van der Waals surface area contributed by atoms with Crippen molar-refractivity contribution in [2.24, 2.45) is 5.92 Å². The molecule has 0 aliphatic rings. The van der Waals surface area contributed by atoms with Gasteiger partial charge in [0.05, 0.1) is 20.6 Å². The normalized spacial score (nSPS) is 12.1. The summed E-state index contributed by atoms with van der Waals surface area (Å²) in [7, 11) is 3.22. The Balaban J connectivity index is 2.61. The molecule has 21 heavy (non-hydrogen) atoms. The van der Waals surface area contributed by atoms with E-state index in [1.54, 1.807) is 14.2 Å². The van der Waals surface area contributed by atoms with Gasteiger partial charge >= 0.3 is 0 Å². The second kappa shape index (κ2) is 8.55. The van der Waals surface area contributed by atoms with E-state index in [2.05, 4.69) is 19.2 Å². The van der Waals surface area contributed by atoms with Gasteiger partial charge in [0.2, 0.25) is 5.91 Å². The summed E-state index contributed by atoms with van der Waals surface area (Å²) in [5.74, 6) is 2.10. The summed E-state index contributed by atoms with van der Waals surface area (Å²) in [5, 5.41) is 3.04. The maximum absolute atomic E-state index is 12.1. The van der Waals surface area contributed by atoms with Crippen molar-refractivity contribution >= 4 is 5.91 Å². The van der Waals surface area contributed by atoms with Crippen LogP contribution in [0.2, 0.25) is 0 Å². The zero-order chi connectivity index (χ0) is 15.8. The molecule has 1 unspecified atom stereocenters. The number of carbonyl (C=O) groups excluding carboxylic acids is 1. The van der Waals surface area contributed by atoms with Gasteiger partial charge in [-0.1, -0.05) is 13.8 Å². The lowest BCUT2D eigenvalue weighted by molar-refractivity contribution is -0.121. The molecular weight excluding hydrogens is 266 g/mol. The number of amides is 1. The first-order chi connectivity index (χ1) is 9.96. The van der Waals surface area contributed by atoms with Crippen LogP contribution in [0.3, 0.4) is 0 Å². The number of methoxy groups -OCH3 is 2. The van der Waals surface area contributed by atoms with Crippen LogP contribution in [0.1, 0.15) is 39.2 Å². The molecule has 0 heterocycles. The largest absolute Gasteiger partial charge is 0.497 e. The highest BCUT2D eigenvalue weighted by atomic mass is 16.5. The van der Waals surface area contributed by atoms with Crippen molar-refractivity contribution < 1.29 is 14.3 Å². The van der Waals surface area contributed by atoms with Crippen LogP contribution in [-0.2, 0) is 11.2 Å². The Morgan fingerprint density at radius 3 is 2.43 bits per heavy atom. The SMILES string of the molecule is COc1ccc(OC)c(CC(=O)NC(C)CCC(C)C)c1. The third kappa shape index (κ3) is 6.06. The Bertz CT molecular complexity index is 457. The molecule has 0 radical (unpaired) electrons. The molecule has 0 saturated carbocycles. The number of carbonyl (C=O) groups is 1. The van der Waals surface area contributed by atoms with E-state index in [9.17, 15) is 4.79 Å². The lowest BCUT2D eigenvalue weighted by Gasteiger charge is -2.16.